The number of nitrogens with zero attached hydrogens (tertiary/aromatic N) is 1. The van der Waals surface area contributed by atoms with Crippen molar-refractivity contribution in [2.45, 2.75) is 19.3 Å². The fourth-order valence-electron chi connectivity index (χ4n) is 8.28. The summed E-state index contributed by atoms with van der Waals surface area (Å²) in [5.74, 6) is 0. The molecule has 0 bridgehead atoms. The lowest BCUT2D eigenvalue weighted by atomic mass is 9.82. The predicted molar refractivity (Wildman–Crippen MR) is 220 cm³/mol. The molecule has 0 N–H and O–H groups in total. The number of rotatable bonds is 5. The van der Waals surface area contributed by atoms with Crippen molar-refractivity contribution < 1.29 is 0 Å². The van der Waals surface area contributed by atoms with Crippen molar-refractivity contribution in [1.29, 1.82) is 0 Å². The van der Waals surface area contributed by atoms with E-state index in [1.165, 1.54) is 75.5 Å². The van der Waals surface area contributed by atoms with Gasteiger partial charge in [-0.1, -0.05) is 135 Å². The van der Waals surface area contributed by atoms with Gasteiger partial charge in [0.1, 0.15) is 0 Å². The van der Waals surface area contributed by atoms with Crippen LogP contribution in [0.4, 0.5) is 17.1 Å². The minimum absolute atomic E-state index is 0.0368. The molecule has 9 aromatic rings. The molecule has 2 heteroatoms. The Morgan fingerprint density at radius 3 is 1.94 bits per heavy atom. The highest BCUT2D eigenvalue weighted by molar-refractivity contribution is 7.26. The zero-order valence-electron chi connectivity index (χ0n) is 28.6. The van der Waals surface area contributed by atoms with E-state index in [9.17, 15) is 0 Å². The van der Waals surface area contributed by atoms with Crippen LogP contribution in [-0.2, 0) is 5.41 Å². The minimum atomic E-state index is -0.0368. The van der Waals surface area contributed by atoms with Crippen LogP contribution < -0.4 is 4.90 Å². The lowest BCUT2D eigenvalue weighted by molar-refractivity contribution is 0.660. The standard InChI is InChI=1S/C49H35NS/c1-49(2)44-17-8-6-15-40(44)43-31-39(26-27-45(43)49)50(38-14-10-13-35(29-38)32-11-4-3-5-12-32)37-24-21-33(22-25-37)36-20-19-34-23-28-47-48(42(34)30-36)41-16-7-9-18-46(41)51-47/h3-31H,1-2H3. The minimum Gasteiger partial charge on any atom is -0.310 e. The normalized spacial score (nSPS) is 13.1. The average Bonchev–Trinajstić information content (AvgIpc) is 3.68. The first-order valence-corrected chi connectivity index (χ1v) is 18.5. The molecular weight excluding hydrogens is 635 g/mol. The average molecular weight is 670 g/mol. The number of benzene rings is 8. The molecule has 0 atom stereocenters. The Labute approximate surface area is 302 Å². The molecule has 0 unspecified atom stereocenters. The van der Waals surface area contributed by atoms with Gasteiger partial charge < -0.3 is 4.90 Å². The zero-order chi connectivity index (χ0) is 34.1. The molecule has 0 fully saturated rings. The molecule has 10 rings (SSSR count). The smallest absolute Gasteiger partial charge is 0.0468 e. The molecule has 242 valence electrons. The number of anilines is 3. The second-order valence-corrected chi connectivity index (χ2v) is 15.3. The van der Waals surface area contributed by atoms with E-state index in [1.54, 1.807) is 0 Å². The van der Waals surface area contributed by atoms with Gasteiger partial charge in [0.15, 0.2) is 0 Å². The highest BCUT2D eigenvalue weighted by Crippen LogP contribution is 2.51. The van der Waals surface area contributed by atoms with Gasteiger partial charge in [-0.05, 0) is 110 Å². The van der Waals surface area contributed by atoms with E-state index in [0.717, 1.165) is 17.1 Å². The maximum atomic E-state index is 2.41. The molecule has 8 aromatic carbocycles. The van der Waals surface area contributed by atoms with Crippen LogP contribution >= 0.6 is 11.3 Å². The molecule has 0 amide bonds. The number of thiophene rings is 1. The van der Waals surface area contributed by atoms with E-state index in [4.69, 9.17) is 0 Å². The van der Waals surface area contributed by atoms with Crippen LogP contribution in [0.3, 0.4) is 0 Å². The first kappa shape index (κ1) is 29.9. The van der Waals surface area contributed by atoms with Gasteiger partial charge in [-0.15, -0.1) is 11.3 Å². The van der Waals surface area contributed by atoms with Crippen molar-refractivity contribution in [3.05, 3.63) is 187 Å². The largest absolute Gasteiger partial charge is 0.310 e. The molecule has 0 aliphatic heterocycles. The molecule has 0 radical (unpaired) electrons. The molecule has 51 heavy (non-hydrogen) atoms. The third-order valence-electron chi connectivity index (χ3n) is 10.9. The summed E-state index contributed by atoms with van der Waals surface area (Å²) in [7, 11) is 0. The molecule has 1 aliphatic rings. The third-order valence-corrected chi connectivity index (χ3v) is 12.0. The quantitative estimate of drug-likeness (QED) is 0.176. The van der Waals surface area contributed by atoms with Gasteiger partial charge in [0, 0.05) is 42.6 Å². The summed E-state index contributed by atoms with van der Waals surface area (Å²) in [6.07, 6.45) is 0. The van der Waals surface area contributed by atoms with E-state index < -0.39 is 0 Å². The topological polar surface area (TPSA) is 3.24 Å². The zero-order valence-corrected chi connectivity index (χ0v) is 29.4. The fraction of sp³-hybridized carbons (Fsp3) is 0.0612. The Balaban J connectivity index is 1.10. The Bertz CT molecular complexity index is 2770. The van der Waals surface area contributed by atoms with Crippen LogP contribution in [-0.4, -0.2) is 0 Å². The lowest BCUT2D eigenvalue weighted by Gasteiger charge is -2.28. The van der Waals surface area contributed by atoms with Crippen molar-refractivity contribution >= 4 is 59.3 Å². The summed E-state index contributed by atoms with van der Waals surface area (Å²) < 4.78 is 2.68. The molecule has 1 heterocycles. The van der Waals surface area contributed by atoms with Crippen molar-refractivity contribution in [1.82, 2.24) is 0 Å². The van der Waals surface area contributed by atoms with Crippen LogP contribution in [0, 0.1) is 0 Å². The first-order chi connectivity index (χ1) is 25.0. The monoisotopic (exact) mass is 669 g/mol. The molecule has 1 nitrogen and oxygen atoms in total. The van der Waals surface area contributed by atoms with Crippen LogP contribution in [0.15, 0.2) is 176 Å². The summed E-state index contributed by atoms with van der Waals surface area (Å²) >= 11 is 1.88. The number of hydrogen-bond acceptors (Lipinski definition) is 2. The number of hydrogen-bond donors (Lipinski definition) is 0. The summed E-state index contributed by atoms with van der Waals surface area (Å²) in [4.78, 5) is 2.41. The Hall–Kier alpha value is -5.96. The van der Waals surface area contributed by atoms with Crippen molar-refractivity contribution in [3.63, 3.8) is 0 Å². The maximum absolute atomic E-state index is 2.41. The van der Waals surface area contributed by atoms with Gasteiger partial charge in [0.2, 0.25) is 0 Å². The molecule has 0 spiro atoms. The van der Waals surface area contributed by atoms with Crippen LogP contribution in [0.2, 0.25) is 0 Å². The van der Waals surface area contributed by atoms with E-state index in [1.807, 2.05) is 11.3 Å². The van der Waals surface area contributed by atoms with Crippen molar-refractivity contribution in [2.75, 3.05) is 4.90 Å². The summed E-state index contributed by atoms with van der Waals surface area (Å²) in [6.45, 7) is 4.69. The highest BCUT2D eigenvalue weighted by Gasteiger charge is 2.35. The second-order valence-electron chi connectivity index (χ2n) is 14.2. The molecule has 0 saturated carbocycles. The van der Waals surface area contributed by atoms with E-state index in [0.29, 0.717) is 0 Å². The molecule has 1 aliphatic carbocycles. The van der Waals surface area contributed by atoms with E-state index >= 15 is 0 Å². The highest BCUT2D eigenvalue weighted by atomic mass is 32.1. The van der Waals surface area contributed by atoms with Gasteiger partial charge in [-0.25, -0.2) is 0 Å². The van der Waals surface area contributed by atoms with E-state index in [2.05, 4.69) is 195 Å². The summed E-state index contributed by atoms with van der Waals surface area (Å²) in [6, 6.07) is 64.9. The van der Waals surface area contributed by atoms with Crippen LogP contribution in [0.1, 0.15) is 25.0 Å². The lowest BCUT2D eigenvalue weighted by Crippen LogP contribution is -2.15. The van der Waals surface area contributed by atoms with Crippen molar-refractivity contribution in [2.24, 2.45) is 0 Å². The summed E-state index contributed by atoms with van der Waals surface area (Å²) in [5, 5.41) is 5.28. The van der Waals surface area contributed by atoms with Gasteiger partial charge >= 0.3 is 0 Å². The fourth-order valence-corrected chi connectivity index (χ4v) is 9.40. The van der Waals surface area contributed by atoms with Gasteiger partial charge in [0.25, 0.3) is 0 Å². The molecular formula is C49H35NS. The Morgan fingerprint density at radius 1 is 0.412 bits per heavy atom. The Kier molecular flexibility index (Phi) is 6.78. The second kappa shape index (κ2) is 11.6. The van der Waals surface area contributed by atoms with E-state index in [-0.39, 0.29) is 5.41 Å². The van der Waals surface area contributed by atoms with Gasteiger partial charge in [0.05, 0.1) is 0 Å². The first-order valence-electron chi connectivity index (χ1n) is 17.7. The van der Waals surface area contributed by atoms with Gasteiger partial charge in [-0.3, -0.25) is 0 Å². The maximum Gasteiger partial charge on any atom is 0.0468 e. The van der Waals surface area contributed by atoms with Crippen LogP contribution in [0.25, 0.3) is 64.3 Å². The van der Waals surface area contributed by atoms with Crippen LogP contribution in [0.5, 0.6) is 0 Å². The van der Waals surface area contributed by atoms with Gasteiger partial charge in [-0.2, -0.15) is 0 Å². The van der Waals surface area contributed by atoms with Crippen molar-refractivity contribution in [3.8, 4) is 33.4 Å². The number of fused-ring (bicyclic) bond motifs is 8. The molecule has 0 saturated heterocycles. The SMILES string of the molecule is CC1(C)c2ccccc2-c2cc(N(c3ccc(-c4ccc5ccc6sc7ccccc7c6c5c4)cc3)c3cccc(-c4ccccc4)c3)ccc21. The Morgan fingerprint density at radius 2 is 1.06 bits per heavy atom. The summed E-state index contributed by atoms with van der Waals surface area (Å²) in [5.41, 5.74) is 13.6. The predicted octanol–water partition coefficient (Wildman–Crippen LogP) is 14.3. The molecule has 1 aromatic heterocycles. The third kappa shape index (κ3) is 4.82.